The molecule has 1 aliphatic heterocycles. The highest BCUT2D eigenvalue weighted by Crippen LogP contribution is 2.29. The van der Waals surface area contributed by atoms with Crippen LogP contribution < -0.4 is 10.1 Å². The van der Waals surface area contributed by atoms with E-state index in [1.165, 1.54) is 12.1 Å². The Kier molecular flexibility index (Phi) is 5.97. The first kappa shape index (κ1) is 18.8. The zero-order valence-electron chi connectivity index (χ0n) is 14.5. The summed E-state index contributed by atoms with van der Waals surface area (Å²) in [5.41, 5.74) is 1.82. The van der Waals surface area contributed by atoms with Crippen LogP contribution in [0, 0.1) is 5.82 Å². The van der Waals surface area contributed by atoms with E-state index >= 15 is 0 Å². The number of pyridine rings is 1. The lowest BCUT2D eigenvalue weighted by Crippen LogP contribution is -2.41. The molecule has 0 saturated heterocycles. The molecule has 2 N–H and O–H groups in total. The molecule has 1 aromatic heterocycles. The fourth-order valence-electron chi connectivity index (χ4n) is 2.92. The highest BCUT2D eigenvalue weighted by Gasteiger charge is 2.23. The van der Waals surface area contributed by atoms with Crippen LogP contribution in [0.1, 0.15) is 23.1 Å². The molecular weight excluding hydrogens is 355 g/mol. The molecule has 7 nitrogen and oxygen atoms in total. The molecule has 1 amide bonds. The van der Waals surface area contributed by atoms with Crippen LogP contribution in [0.4, 0.5) is 4.39 Å². The molecule has 27 heavy (non-hydrogen) atoms. The molecule has 0 bridgehead atoms. The zero-order valence-corrected chi connectivity index (χ0v) is 14.5. The minimum atomic E-state index is -1.12. The van der Waals surface area contributed by atoms with E-state index in [-0.39, 0.29) is 26.2 Å². The fourth-order valence-corrected chi connectivity index (χ4v) is 2.92. The van der Waals surface area contributed by atoms with Gasteiger partial charge in [-0.15, -0.1) is 0 Å². The lowest BCUT2D eigenvalue weighted by atomic mass is 10.0. The normalized spacial score (nSPS) is 14.0. The van der Waals surface area contributed by atoms with E-state index in [1.807, 2.05) is 0 Å². The highest BCUT2D eigenvalue weighted by molar-refractivity contribution is 5.85. The molecule has 2 heterocycles. The standard InChI is InChI=1S/C19H19FN2O5/c20-15-7-13(18-14(8-15)10-26-11-27-18)9-17(23)22-16(19(24)25)2-1-12-3-5-21-6-4-12/h3-8,16H,1-2,9-11H2,(H,22,23)(H,24,25). The number of benzene rings is 1. The van der Waals surface area contributed by atoms with Gasteiger partial charge in [0.2, 0.25) is 5.91 Å². The predicted octanol–water partition coefficient (Wildman–Crippen LogP) is 1.83. The number of halogens is 1. The number of aryl methyl sites for hydroxylation is 1. The van der Waals surface area contributed by atoms with Crippen molar-refractivity contribution in [2.45, 2.75) is 31.9 Å². The second-order valence-electron chi connectivity index (χ2n) is 6.19. The summed E-state index contributed by atoms with van der Waals surface area (Å²) in [7, 11) is 0. The van der Waals surface area contributed by atoms with Crippen LogP contribution in [0.2, 0.25) is 0 Å². The average molecular weight is 374 g/mol. The number of hydrogen-bond acceptors (Lipinski definition) is 5. The SMILES string of the molecule is O=C(Cc1cc(F)cc2c1OCOC2)NC(CCc1ccncc1)C(=O)O. The minimum Gasteiger partial charge on any atom is -0.480 e. The molecule has 3 rings (SSSR count). The van der Waals surface area contributed by atoms with Crippen molar-refractivity contribution in [1.82, 2.24) is 10.3 Å². The summed E-state index contributed by atoms with van der Waals surface area (Å²) in [5, 5.41) is 11.9. The molecule has 1 atom stereocenters. The summed E-state index contributed by atoms with van der Waals surface area (Å²) in [6.07, 6.45) is 3.78. The van der Waals surface area contributed by atoms with Crippen molar-refractivity contribution >= 4 is 11.9 Å². The van der Waals surface area contributed by atoms with E-state index in [9.17, 15) is 19.1 Å². The summed E-state index contributed by atoms with van der Waals surface area (Å²) < 4.78 is 24.2. The van der Waals surface area contributed by atoms with Gasteiger partial charge in [0.05, 0.1) is 13.0 Å². The number of carbonyl (C=O) groups excluding carboxylic acids is 1. The van der Waals surface area contributed by atoms with Crippen molar-refractivity contribution in [3.63, 3.8) is 0 Å². The van der Waals surface area contributed by atoms with Crippen LogP contribution >= 0.6 is 0 Å². The van der Waals surface area contributed by atoms with Crippen molar-refractivity contribution < 1.29 is 28.6 Å². The molecule has 2 aromatic rings. The summed E-state index contributed by atoms with van der Waals surface area (Å²) in [6, 6.07) is 5.05. The number of carboxylic acid groups (broad SMARTS) is 1. The maximum Gasteiger partial charge on any atom is 0.326 e. The third kappa shape index (κ3) is 5.01. The highest BCUT2D eigenvalue weighted by atomic mass is 19.1. The molecule has 1 aliphatic rings. The second kappa shape index (κ2) is 8.59. The first-order valence-corrected chi connectivity index (χ1v) is 8.46. The van der Waals surface area contributed by atoms with Crippen LogP contribution in [0.15, 0.2) is 36.7 Å². The summed E-state index contributed by atoms with van der Waals surface area (Å²) in [6.45, 7) is 0.225. The van der Waals surface area contributed by atoms with E-state index in [0.717, 1.165) is 5.56 Å². The second-order valence-corrected chi connectivity index (χ2v) is 6.19. The first-order chi connectivity index (χ1) is 13.0. The largest absolute Gasteiger partial charge is 0.480 e. The third-order valence-electron chi connectivity index (χ3n) is 4.21. The van der Waals surface area contributed by atoms with Gasteiger partial charge in [-0.05, 0) is 42.7 Å². The molecular formula is C19H19FN2O5. The van der Waals surface area contributed by atoms with E-state index in [1.54, 1.807) is 24.5 Å². The van der Waals surface area contributed by atoms with Crippen molar-refractivity contribution in [1.29, 1.82) is 0 Å². The Bertz CT molecular complexity index is 828. The fraction of sp³-hybridized carbons (Fsp3) is 0.316. The van der Waals surface area contributed by atoms with E-state index in [0.29, 0.717) is 23.3 Å². The predicted molar refractivity (Wildman–Crippen MR) is 92.5 cm³/mol. The van der Waals surface area contributed by atoms with Crippen LogP contribution in [-0.2, 0) is 33.8 Å². The zero-order chi connectivity index (χ0) is 19.2. The van der Waals surface area contributed by atoms with Gasteiger partial charge in [-0.1, -0.05) is 0 Å². The molecule has 0 saturated carbocycles. The Balaban J connectivity index is 1.65. The van der Waals surface area contributed by atoms with Crippen molar-refractivity contribution in [3.05, 3.63) is 59.2 Å². The van der Waals surface area contributed by atoms with Crippen molar-refractivity contribution in [2.24, 2.45) is 0 Å². The lowest BCUT2D eigenvalue weighted by Gasteiger charge is -2.21. The number of aliphatic carboxylic acids is 1. The van der Waals surface area contributed by atoms with Gasteiger partial charge >= 0.3 is 5.97 Å². The minimum absolute atomic E-state index is 0.0247. The quantitative estimate of drug-likeness (QED) is 0.767. The lowest BCUT2D eigenvalue weighted by molar-refractivity contribution is -0.141. The number of rotatable bonds is 7. The number of amides is 1. The first-order valence-electron chi connectivity index (χ1n) is 8.46. The van der Waals surface area contributed by atoms with Gasteiger partial charge in [0, 0.05) is 23.5 Å². The summed E-state index contributed by atoms with van der Waals surface area (Å²) >= 11 is 0. The summed E-state index contributed by atoms with van der Waals surface area (Å²) in [5.74, 6) is -1.72. The average Bonchev–Trinajstić information content (AvgIpc) is 2.65. The molecule has 8 heteroatoms. The van der Waals surface area contributed by atoms with Crippen LogP contribution in [0.25, 0.3) is 0 Å². The number of carboxylic acids is 1. The Hall–Kier alpha value is -3.00. The van der Waals surface area contributed by atoms with Gasteiger partial charge < -0.3 is 19.9 Å². The monoisotopic (exact) mass is 374 g/mol. The van der Waals surface area contributed by atoms with Crippen LogP contribution in [0.5, 0.6) is 5.75 Å². The van der Waals surface area contributed by atoms with Gasteiger partial charge in [-0.2, -0.15) is 0 Å². The maximum absolute atomic E-state index is 13.8. The van der Waals surface area contributed by atoms with Crippen molar-refractivity contribution in [2.75, 3.05) is 6.79 Å². The number of fused-ring (bicyclic) bond motifs is 1. The van der Waals surface area contributed by atoms with Crippen LogP contribution in [0.3, 0.4) is 0 Å². The van der Waals surface area contributed by atoms with Crippen LogP contribution in [-0.4, -0.2) is 34.8 Å². The maximum atomic E-state index is 13.8. The Labute approximate surface area is 155 Å². The molecule has 0 aliphatic carbocycles. The number of hydrogen-bond donors (Lipinski definition) is 2. The Morgan fingerprint density at radius 2 is 2.07 bits per heavy atom. The number of aromatic nitrogens is 1. The van der Waals surface area contributed by atoms with Gasteiger partial charge in [0.25, 0.3) is 0 Å². The van der Waals surface area contributed by atoms with Gasteiger partial charge in [-0.3, -0.25) is 9.78 Å². The molecule has 1 aromatic carbocycles. The molecule has 0 fully saturated rings. The number of nitrogens with zero attached hydrogens (tertiary/aromatic N) is 1. The molecule has 0 radical (unpaired) electrons. The van der Waals surface area contributed by atoms with Crippen molar-refractivity contribution in [3.8, 4) is 5.75 Å². The number of carbonyl (C=O) groups is 2. The van der Waals surface area contributed by atoms with Gasteiger partial charge in [0.1, 0.15) is 17.6 Å². The van der Waals surface area contributed by atoms with E-state index in [4.69, 9.17) is 9.47 Å². The van der Waals surface area contributed by atoms with Gasteiger partial charge in [0.15, 0.2) is 6.79 Å². The molecule has 1 unspecified atom stereocenters. The number of nitrogens with one attached hydrogen (secondary N) is 1. The smallest absolute Gasteiger partial charge is 0.326 e. The Morgan fingerprint density at radius 1 is 1.30 bits per heavy atom. The van der Waals surface area contributed by atoms with E-state index < -0.39 is 23.7 Å². The third-order valence-corrected chi connectivity index (χ3v) is 4.21. The Morgan fingerprint density at radius 3 is 2.81 bits per heavy atom. The molecule has 142 valence electrons. The summed E-state index contributed by atoms with van der Waals surface area (Å²) in [4.78, 5) is 27.7. The number of ether oxygens (including phenoxy) is 2. The van der Waals surface area contributed by atoms with Gasteiger partial charge in [-0.25, -0.2) is 9.18 Å². The topological polar surface area (TPSA) is 97.8 Å². The molecule has 0 spiro atoms. The van der Waals surface area contributed by atoms with E-state index in [2.05, 4.69) is 10.3 Å².